The zero-order valence-corrected chi connectivity index (χ0v) is 17.9. The lowest BCUT2D eigenvalue weighted by atomic mass is 10.2. The molecule has 2 amide bonds. The summed E-state index contributed by atoms with van der Waals surface area (Å²) < 4.78 is 38.1. The number of nitrogens with zero attached hydrogens (tertiary/aromatic N) is 2. The van der Waals surface area contributed by atoms with E-state index in [4.69, 9.17) is 9.47 Å². The minimum absolute atomic E-state index is 0.0267. The zero-order chi connectivity index (χ0) is 22.4. The maximum absolute atomic E-state index is 13.7. The second-order valence-corrected chi connectivity index (χ2v) is 8.03. The molecule has 2 N–H and O–H groups in total. The van der Waals surface area contributed by atoms with E-state index in [2.05, 4.69) is 20.8 Å². The molecule has 0 aliphatic rings. The summed E-state index contributed by atoms with van der Waals surface area (Å²) in [5.74, 6) is -2.20. The number of amides is 2. The first-order valence-electron chi connectivity index (χ1n) is 8.64. The van der Waals surface area contributed by atoms with Gasteiger partial charge in [-0.25, -0.2) is 8.78 Å². The molecule has 2 aromatic carbocycles. The number of aromatic nitrogens is 2. The van der Waals surface area contributed by atoms with E-state index in [1.54, 1.807) is 18.2 Å². The van der Waals surface area contributed by atoms with Gasteiger partial charge in [0.2, 0.25) is 11.0 Å². The SMILES string of the molecule is COc1ccc(NC(=O)CSc2nnc(NC(=O)c3c(F)cccc3F)s2)cc1OC. The van der Waals surface area contributed by atoms with Gasteiger partial charge in [-0.2, -0.15) is 0 Å². The zero-order valence-electron chi connectivity index (χ0n) is 16.3. The van der Waals surface area contributed by atoms with E-state index < -0.39 is 23.1 Å². The monoisotopic (exact) mass is 466 g/mol. The van der Waals surface area contributed by atoms with Crippen molar-refractivity contribution in [1.82, 2.24) is 10.2 Å². The minimum atomic E-state index is -0.983. The molecule has 8 nitrogen and oxygen atoms in total. The lowest BCUT2D eigenvalue weighted by Crippen LogP contribution is -2.15. The summed E-state index contributed by atoms with van der Waals surface area (Å²) in [6, 6.07) is 8.09. The van der Waals surface area contributed by atoms with Crippen molar-refractivity contribution in [3.8, 4) is 11.5 Å². The van der Waals surface area contributed by atoms with E-state index in [1.807, 2.05) is 0 Å². The van der Waals surface area contributed by atoms with Crippen molar-refractivity contribution in [2.45, 2.75) is 4.34 Å². The highest BCUT2D eigenvalue weighted by Crippen LogP contribution is 2.30. The van der Waals surface area contributed by atoms with Crippen LogP contribution in [0.2, 0.25) is 0 Å². The molecule has 0 unspecified atom stereocenters. The van der Waals surface area contributed by atoms with E-state index in [1.165, 1.54) is 14.2 Å². The third-order valence-corrected chi connectivity index (χ3v) is 5.78. The maximum Gasteiger partial charge on any atom is 0.263 e. The van der Waals surface area contributed by atoms with Crippen LogP contribution in [-0.2, 0) is 4.79 Å². The van der Waals surface area contributed by atoms with Crippen LogP contribution < -0.4 is 20.1 Å². The molecule has 31 heavy (non-hydrogen) atoms. The number of rotatable bonds is 8. The van der Waals surface area contributed by atoms with Crippen LogP contribution in [0.25, 0.3) is 0 Å². The van der Waals surface area contributed by atoms with Crippen molar-refractivity contribution in [3.05, 3.63) is 53.6 Å². The van der Waals surface area contributed by atoms with Gasteiger partial charge in [0.05, 0.1) is 20.0 Å². The Morgan fingerprint density at radius 1 is 1.03 bits per heavy atom. The number of nitrogens with one attached hydrogen (secondary N) is 2. The quantitative estimate of drug-likeness (QED) is 0.384. The number of anilines is 2. The van der Waals surface area contributed by atoms with Crippen molar-refractivity contribution < 1.29 is 27.8 Å². The van der Waals surface area contributed by atoms with Gasteiger partial charge in [0.15, 0.2) is 15.8 Å². The number of carbonyl (C=O) groups excluding carboxylic acids is 2. The highest BCUT2D eigenvalue weighted by Gasteiger charge is 2.19. The van der Waals surface area contributed by atoms with E-state index in [-0.39, 0.29) is 16.8 Å². The summed E-state index contributed by atoms with van der Waals surface area (Å²) in [6.45, 7) is 0. The molecule has 0 saturated carbocycles. The van der Waals surface area contributed by atoms with Crippen LogP contribution in [0.3, 0.4) is 0 Å². The second-order valence-electron chi connectivity index (χ2n) is 5.83. The summed E-state index contributed by atoms with van der Waals surface area (Å²) in [4.78, 5) is 24.3. The number of benzene rings is 2. The first kappa shape index (κ1) is 22.4. The van der Waals surface area contributed by atoms with E-state index in [0.717, 1.165) is 41.3 Å². The first-order valence-corrected chi connectivity index (χ1v) is 10.4. The molecule has 0 spiro atoms. The molecular formula is C19H16F2N4O4S2. The average Bonchev–Trinajstić information content (AvgIpc) is 3.19. The molecule has 1 heterocycles. The van der Waals surface area contributed by atoms with Crippen LogP contribution in [0.15, 0.2) is 40.7 Å². The number of hydrogen-bond acceptors (Lipinski definition) is 8. The third-order valence-electron chi connectivity index (χ3n) is 3.81. The molecule has 0 saturated heterocycles. The fraction of sp³-hybridized carbons (Fsp3) is 0.158. The summed E-state index contributed by atoms with van der Waals surface area (Å²) in [5, 5.41) is 12.7. The number of hydrogen-bond donors (Lipinski definition) is 2. The topological polar surface area (TPSA) is 102 Å². The smallest absolute Gasteiger partial charge is 0.263 e. The van der Waals surface area contributed by atoms with Gasteiger partial charge in [-0.3, -0.25) is 14.9 Å². The average molecular weight is 466 g/mol. The van der Waals surface area contributed by atoms with Gasteiger partial charge < -0.3 is 14.8 Å². The van der Waals surface area contributed by atoms with Gasteiger partial charge in [0, 0.05) is 11.8 Å². The predicted octanol–water partition coefficient (Wildman–Crippen LogP) is 3.82. The van der Waals surface area contributed by atoms with Crippen molar-refractivity contribution in [2.24, 2.45) is 0 Å². The molecule has 12 heteroatoms. The van der Waals surface area contributed by atoms with Crippen LogP contribution in [0.1, 0.15) is 10.4 Å². The largest absolute Gasteiger partial charge is 0.493 e. The summed E-state index contributed by atoms with van der Waals surface area (Å²) in [5.41, 5.74) is -0.179. The number of carbonyl (C=O) groups is 2. The van der Waals surface area contributed by atoms with Gasteiger partial charge in [-0.05, 0) is 24.3 Å². The molecule has 162 valence electrons. The standard InChI is InChI=1S/C19H16F2N4O4S2/c1-28-13-7-6-10(8-14(13)29-2)22-15(26)9-30-19-25-24-18(31-19)23-17(27)16-11(20)4-3-5-12(16)21/h3-8H,9H2,1-2H3,(H,22,26)(H,23,24,27). The molecule has 0 atom stereocenters. The normalized spacial score (nSPS) is 10.5. The van der Waals surface area contributed by atoms with Gasteiger partial charge in [-0.15, -0.1) is 10.2 Å². The minimum Gasteiger partial charge on any atom is -0.493 e. The van der Waals surface area contributed by atoms with Crippen molar-refractivity contribution >= 4 is 45.7 Å². The van der Waals surface area contributed by atoms with Crippen LogP contribution in [0.5, 0.6) is 11.5 Å². The Bertz CT molecular complexity index is 1090. The number of thioether (sulfide) groups is 1. The Morgan fingerprint density at radius 2 is 1.74 bits per heavy atom. The predicted molar refractivity (Wildman–Crippen MR) is 113 cm³/mol. The van der Waals surface area contributed by atoms with Crippen LogP contribution in [0, 0.1) is 11.6 Å². The number of methoxy groups -OCH3 is 2. The Morgan fingerprint density at radius 3 is 2.42 bits per heavy atom. The molecular weight excluding hydrogens is 450 g/mol. The summed E-state index contributed by atoms with van der Waals surface area (Å²) in [7, 11) is 3.00. The Kier molecular flexibility index (Phi) is 7.36. The van der Waals surface area contributed by atoms with Crippen molar-refractivity contribution in [3.63, 3.8) is 0 Å². The molecule has 0 aliphatic heterocycles. The number of halogens is 2. The van der Waals surface area contributed by atoms with E-state index in [0.29, 0.717) is 21.5 Å². The first-order chi connectivity index (χ1) is 14.9. The molecule has 3 aromatic rings. The maximum atomic E-state index is 13.7. The van der Waals surface area contributed by atoms with E-state index in [9.17, 15) is 18.4 Å². The lowest BCUT2D eigenvalue weighted by molar-refractivity contribution is -0.113. The molecule has 1 aromatic heterocycles. The Hall–Kier alpha value is -3.25. The number of ether oxygens (including phenoxy) is 2. The fourth-order valence-electron chi connectivity index (χ4n) is 2.43. The summed E-state index contributed by atoms with van der Waals surface area (Å²) >= 11 is 2.07. The van der Waals surface area contributed by atoms with Gasteiger partial charge >= 0.3 is 0 Å². The Labute approximate surface area is 184 Å². The van der Waals surface area contributed by atoms with Gasteiger partial charge in [0.1, 0.15) is 17.2 Å². The van der Waals surface area contributed by atoms with Crippen LogP contribution in [0.4, 0.5) is 19.6 Å². The lowest BCUT2D eigenvalue weighted by Gasteiger charge is -2.10. The van der Waals surface area contributed by atoms with Gasteiger partial charge in [-0.1, -0.05) is 29.2 Å². The molecule has 0 fully saturated rings. The van der Waals surface area contributed by atoms with Crippen LogP contribution >= 0.6 is 23.1 Å². The highest BCUT2D eigenvalue weighted by molar-refractivity contribution is 8.01. The van der Waals surface area contributed by atoms with Crippen molar-refractivity contribution in [1.29, 1.82) is 0 Å². The molecule has 0 bridgehead atoms. The third kappa shape index (κ3) is 5.67. The molecule has 3 rings (SSSR count). The fourth-order valence-corrected chi connectivity index (χ4v) is 3.98. The summed E-state index contributed by atoms with van der Waals surface area (Å²) in [6.07, 6.45) is 0. The van der Waals surface area contributed by atoms with Gasteiger partial charge in [0.25, 0.3) is 5.91 Å². The van der Waals surface area contributed by atoms with Crippen molar-refractivity contribution in [2.75, 3.05) is 30.6 Å². The van der Waals surface area contributed by atoms with Crippen LogP contribution in [-0.4, -0.2) is 42.0 Å². The Balaban J connectivity index is 1.55. The molecule has 0 radical (unpaired) electrons. The van der Waals surface area contributed by atoms with E-state index >= 15 is 0 Å². The molecule has 0 aliphatic carbocycles. The second kappa shape index (κ2) is 10.2. The highest BCUT2D eigenvalue weighted by atomic mass is 32.2.